The van der Waals surface area contributed by atoms with Crippen molar-refractivity contribution < 1.29 is 14.0 Å². The van der Waals surface area contributed by atoms with E-state index in [-0.39, 0.29) is 30.1 Å². The Labute approximate surface area is 165 Å². The highest BCUT2D eigenvalue weighted by Crippen LogP contribution is 2.23. The van der Waals surface area contributed by atoms with Crippen LogP contribution in [0.4, 0.5) is 4.39 Å². The summed E-state index contributed by atoms with van der Waals surface area (Å²) in [5.41, 5.74) is 2.62. The van der Waals surface area contributed by atoms with Crippen molar-refractivity contribution >= 4 is 27.7 Å². The molecule has 0 fully saturated rings. The van der Waals surface area contributed by atoms with Crippen LogP contribution >= 0.6 is 15.9 Å². The fraction of sp³-hybridized carbons (Fsp3) is 0.421. The number of aromatic nitrogens is 2. The first kappa shape index (κ1) is 19.5. The summed E-state index contributed by atoms with van der Waals surface area (Å²) >= 11 is 3.26. The molecule has 0 bridgehead atoms. The van der Waals surface area contributed by atoms with Gasteiger partial charge in [-0.05, 0) is 43.4 Å². The molecule has 2 N–H and O–H groups in total. The molecule has 8 heteroatoms. The molecule has 2 heterocycles. The van der Waals surface area contributed by atoms with Gasteiger partial charge in [0.25, 0.3) is 5.91 Å². The first-order valence-electron chi connectivity index (χ1n) is 8.87. The highest BCUT2D eigenvalue weighted by molar-refractivity contribution is 9.10. The van der Waals surface area contributed by atoms with Crippen molar-refractivity contribution in [1.82, 2.24) is 20.4 Å². The molecule has 0 saturated carbocycles. The van der Waals surface area contributed by atoms with Gasteiger partial charge < -0.3 is 10.6 Å². The summed E-state index contributed by atoms with van der Waals surface area (Å²) in [4.78, 5) is 23.8. The van der Waals surface area contributed by atoms with Crippen LogP contribution in [0.15, 0.2) is 22.8 Å². The Morgan fingerprint density at radius 3 is 2.85 bits per heavy atom. The lowest BCUT2D eigenvalue weighted by molar-refractivity contribution is -0.119. The van der Waals surface area contributed by atoms with Crippen LogP contribution in [0, 0.1) is 18.7 Å². The molecule has 1 aromatic carbocycles. The summed E-state index contributed by atoms with van der Waals surface area (Å²) in [5.74, 6) is -0.400. The normalized spacial score (nSPS) is 15.9. The van der Waals surface area contributed by atoms with Gasteiger partial charge in [-0.2, -0.15) is 5.10 Å². The van der Waals surface area contributed by atoms with Crippen LogP contribution in [0.5, 0.6) is 0 Å². The monoisotopic (exact) mass is 436 g/mol. The molecule has 0 aliphatic carbocycles. The topological polar surface area (TPSA) is 76.0 Å². The third kappa shape index (κ3) is 4.55. The average Bonchev–Trinajstić information content (AvgIpc) is 3.02. The number of carbonyl (C=O) groups is 2. The Kier molecular flexibility index (Phi) is 5.94. The SMILES string of the molecule is CC(=O)NCC1CCn2ncc(C(=O)NCc3c(C)cc(Br)cc3F)c2C1. The summed E-state index contributed by atoms with van der Waals surface area (Å²) in [7, 11) is 0. The lowest BCUT2D eigenvalue weighted by atomic mass is 9.94. The van der Waals surface area contributed by atoms with E-state index in [1.165, 1.54) is 13.0 Å². The molecular formula is C19H22BrFN4O2. The predicted octanol–water partition coefficient (Wildman–Crippen LogP) is 2.72. The number of benzene rings is 1. The first-order valence-corrected chi connectivity index (χ1v) is 9.66. The minimum Gasteiger partial charge on any atom is -0.356 e. The van der Waals surface area contributed by atoms with Gasteiger partial charge in [-0.1, -0.05) is 15.9 Å². The number of fused-ring (bicyclic) bond motifs is 1. The Morgan fingerprint density at radius 1 is 1.37 bits per heavy atom. The number of carbonyl (C=O) groups excluding carboxylic acids is 2. The third-order valence-electron chi connectivity index (χ3n) is 4.87. The van der Waals surface area contributed by atoms with E-state index in [1.54, 1.807) is 6.20 Å². The number of halogens is 2. The number of hydrogen-bond donors (Lipinski definition) is 2. The fourth-order valence-corrected chi connectivity index (χ4v) is 3.92. The van der Waals surface area contributed by atoms with Crippen LogP contribution in [0.3, 0.4) is 0 Å². The van der Waals surface area contributed by atoms with Crippen molar-refractivity contribution in [1.29, 1.82) is 0 Å². The molecule has 27 heavy (non-hydrogen) atoms. The van der Waals surface area contributed by atoms with E-state index in [1.807, 2.05) is 17.7 Å². The van der Waals surface area contributed by atoms with Crippen LogP contribution in [-0.4, -0.2) is 28.1 Å². The standard InChI is InChI=1S/C19H22BrFN4O2/c1-11-5-14(20)7-17(21)15(11)9-23-19(27)16-10-24-25-4-3-13(6-18(16)25)8-22-12(2)26/h5,7,10,13H,3-4,6,8-9H2,1-2H3,(H,22,26)(H,23,27). The Bertz CT molecular complexity index is 858. The summed E-state index contributed by atoms with van der Waals surface area (Å²) in [6.07, 6.45) is 3.14. The van der Waals surface area contributed by atoms with E-state index in [9.17, 15) is 14.0 Å². The highest BCUT2D eigenvalue weighted by Gasteiger charge is 2.25. The van der Waals surface area contributed by atoms with E-state index >= 15 is 0 Å². The summed E-state index contributed by atoms with van der Waals surface area (Å²) in [6, 6.07) is 3.21. The summed E-state index contributed by atoms with van der Waals surface area (Å²) < 4.78 is 16.7. The molecule has 1 aliphatic heterocycles. The molecule has 2 aromatic rings. The maximum Gasteiger partial charge on any atom is 0.255 e. The molecule has 0 radical (unpaired) electrons. The molecule has 0 saturated heterocycles. The van der Waals surface area contributed by atoms with Crippen molar-refractivity contribution in [2.45, 2.75) is 39.8 Å². The minimum atomic E-state index is -0.352. The molecule has 2 amide bonds. The smallest absolute Gasteiger partial charge is 0.255 e. The zero-order chi connectivity index (χ0) is 19.6. The average molecular weight is 437 g/mol. The lowest BCUT2D eigenvalue weighted by Crippen LogP contribution is -2.33. The van der Waals surface area contributed by atoms with E-state index in [4.69, 9.17) is 0 Å². The maximum absolute atomic E-state index is 14.1. The van der Waals surface area contributed by atoms with Crippen LogP contribution in [-0.2, 0) is 24.3 Å². The van der Waals surface area contributed by atoms with Gasteiger partial charge in [0.1, 0.15) is 5.82 Å². The van der Waals surface area contributed by atoms with Gasteiger partial charge in [-0.25, -0.2) is 4.39 Å². The van der Waals surface area contributed by atoms with Crippen molar-refractivity contribution in [2.75, 3.05) is 6.54 Å². The van der Waals surface area contributed by atoms with Crippen LogP contribution in [0.1, 0.15) is 40.5 Å². The maximum atomic E-state index is 14.1. The molecule has 1 atom stereocenters. The van der Waals surface area contributed by atoms with Gasteiger partial charge in [-0.15, -0.1) is 0 Å². The number of nitrogens with one attached hydrogen (secondary N) is 2. The van der Waals surface area contributed by atoms with Gasteiger partial charge in [0.15, 0.2) is 0 Å². The number of hydrogen-bond acceptors (Lipinski definition) is 3. The second kappa shape index (κ2) is 8.21. The second-order valence-corrected chi connectivity index (χ2v) is 7.81. The van der Waals surface area contributed by atoms with Gasteiger partial charge in [-0.3, -0.25) is 14.3 Å². The quantitative estimate of drug-likeness (QED) is 0.756. The van der Waals surface area contributed by atoms with Gasteiger partial charge in [0.05, 0.1) is 17.5 Å². The molecule has 1 aromatic heterocycles. The molecule has 0 spiro atoms. The van der Waals surface area contributed by atoms with Crippen molar-refractivity contribution in [3.8, 4) is 0 Å². The van der Waals surface area contributed by atoms with E-state index < -0.39 is 0 Å². The van der Waals surface area contributed by atoms with Crippen molar-refractivity contribution in [3.63, 3.8) is 0 Å². The molecule has 3 rings (SSSR count). The lowest BCUT2D eigenvalue weighted by Gasteiger charge is -2.24. The highest BCUT2D eigenvalue weighted by atomic mass is 79.9. The Morgan fingerprint density at radius 2 is 2.15 bits per heavy atom. The number of aryl methyl sites for hydroxylation is 2. The van der Waals surface area contributed by atoms with Gasteiger partial charge >= 0.3 is 0 Å². The van der Waals surface area contributed by atoms with Crippen molar-refractivity contribution in [2.24, 2.45) is 5.92 Å². The zero-order valence-electron chi connectivity index (χ0n) is 15.3. The largest absolute Gasteiger partial charge is 0.356 e. The summed E-state index contributed by atoms with van der Waals surface area (Å²) in [5, 5.41) is 9.93. The molecule has 6 nitrogen and oxygen atoms in total. The number of nitrogens with zero attached hydrogens (tertiary/aromatic N) is 2. The Hall–Kier alpha value is -2.22. The minimum absolute atomic E-state index is 0.0565. The van der Waals surface area contributed by atoms with Crippen LogP contribution in [0.2, 0.25) is 0 Å². The Balaban J connectivity index is 1.69. The van der Waals surface area contributed by atoms with Crippen molar-refractivity contribution in [3.05, 3.63) is 51.0 Å². The van der Waals surface area contributed by atoms with E-state index in [2.05, 4.69) is 31.7 Å². The summed E-state index contributed by atoms with van der Waals surface area (Å²) in [6.45, 7) is 4.72. The van der Waals surface area contributed by atoms with Gasteiger partial charge in [0.2, 0.25) is 5.91 Å². The molecule has 144 valence electrons. The molecule has 1 unspecified atom stereocenters. The molecular weight excluding hydrogens is 415 g/mol. The number of rotatable bonds is 5. The second-order valence-electron chi connectivity index (χ2n) is 6.89. The van der Waals surface area contributed by atoms with Crippen LogP contribution < -0.4 is 10.6 Å². The van der Waals surface area contributed by atoms with Crippen LogP contribution in [0.25, 0.3) is 0 Å². The fourth-order valence-electron chi connectivity index (χ4n) is 3.37. The third-order valence-corrected chi connectivity index (χ3v) is 5.33. The first-order chi connectivity index (χ1) is 12.8. The number of amides is 2. The van der Waals surface area contributed by atoms with E-state index in [0.29, 0.717) is 35.1 Å². The molecule has 1 aliphatic rings. The predicted molar refractivity (Wildman–Crippen MR) is 103 cm³/mol. The zero-order valence-corrected chi connectivity index (χ0v) is 16.9. The van der Waals surface area contributed by atoms with E-state index in [0.717, 1.165) is 17.7 Å². The van der Waals surface area contributed by atoms with Gasteiger partial charge in [0, 0.05) is 36.6 Å².